The summed E-state index contributed by atoms with van der Waals surface area (Å²) < 4.78 is 0. The Bertz CT molecular complexity index is 682. The molecule has 8 heteroatoms. The van der Waals surface area contributed by atoms with Crippen molar-refractivity contribution >= 4 is 17.8 Å². The predicted octanol–water partition coefficient (Wildman–Crippen LogP) is -2.15. The highest BCUT2D eigenvalue weighted by Crippen LogP contribution is 2.19. The molecule has 1 fully saturated rings. The number of carboxylic acid groups (broad SMARTS) is 2. The number of quaternary nitrogens is 1. The smallest absolute Gasteiger partial charge is 0.240 e. The van der Waals surface area contributed by atoms with Gasteiger partial charge in [-0.25, -0.2) is 0 Å². The molecule has 1 heterocycles. The molecule has 1 unspecified atom stereocenters. The second kappa shape index (κ2) is 11.5. The Balaban J connectivity index is 2.08. The average Bonchev–Trinajstić information content (AvgIpc) is 3.20. The molecular weight excluding hydrogens is 374 g/mol. The van der Waals surface area contributed by atoms with Crippen molar-refractivity contribution in [3.05, 3.63) is 35.9 Å². The maximum atomic E-state index is 13.0. The minimum absolute atomic E-state index is 0.273. The molecule has 160 valence electrons. The second-order valence-corrected chi connectivity index (χ2v) is 7.47. The highest BCUT2D eigenvalue weighted by Gasteiger charge is 2.34. The van der Waals surface area contributed by atoms with Crippen molar-refractivity contribution in [3.63, 3.8) is 0 Å². The Kier molecular flexibility index (Phi) is 9.08. The number of carbonyl (C=O) groups excluding carboxylic acids is 3. The predicted molar refractivity (Wildman–Crippen MR) is 102 cm³/mol. The van der Waals surface area contributed by atoms with Crippen LogP contribution >= 0.6 is 0 Å². The van der Waals surface area contributed by atoms with Crippen molar-refractivity contribution in [2.24, 2.45) is 0 Å². The summed E-state index contributed by atoms with van der Waals surface area (Å²) in [5, 5.41) is 26.0. The largest absolute Gasteiger partial charge is 0.548 e. The van der Waals surface area contributed by atoms with Crippen LogP contribution in [-0.2, 0) is 20.8 Å². The van der Waals surface area contributed by atoms with Crippen LogP contribution in [0.15, 0.2) is 30.3 Å². The topological polar surface area (TPSA) is 140 Å². The van der Waals surface area contributed by atoms with E-state index < -0.39 is 30.1 Å². The Labute approximate surface area is 171 Å². The van der Waals surface area contributed by atoms with Crippen LogP contribution in [0.1, 0.15) is 44.1 Å². The van der Waals surface area contributed by atoms with Gasteiger partial charge in [0.15, 0.2) is 0 Å². The number of hydrogen-bond acceptors (Lipinski definition) is 6. The molecule has 1 aliphatic heterocycles. The van der Waals surface area contributed by atoms with Gasteiger partial charge in [-0.15, -0.1) is 0 Å². The molecule has 29 heavy (non-hydrogen) atoms. The van der Waals surface area contributed by atoms with E-state index in [1.165, 1.54) is 4.90 Å². The van der Waals surface area contributed by atoms with Crippen LogP contribution in [0, 0.1) is 0 Å². The summed E-state index contributed by atoms with van der Waals surface area (Å²) in [6, 6.07) is 6.75. The minimum Gasteiger partial charge on any atom is -0.548 e. The van der Waals surface area contributed by atoms with E-state index in [2.05, 4.69) is 11.1 Å². The molecular formula is C21H30N3O5-. The quantitative estimate of drug-likeness (QED) is 0.381. The molecule has 0 bridgehead atoms. The number of carbonyl (C=O) groups is 3. The Morgan fingerprint density at radius 2 is 1.83 bits per heavy atom. The van der Waals surface area contributed by atoms with Crippen LogP contribution in [0.4, 0.5) is 0 Å². The Morgan fingerprint density at radius 1 is 1.10 bits per heavy atom. The van der Waals surface area contributed by atoms with E-state index in [1.54, 1.807) is 0 Å². The Morgan fingerprint density at radius 3 is 2.45 bits per heavy atom. The van der Waals surface area contributed by atoms with Gasteiger partial charge < -0.3 is 30.4 Å². The van der Waals surface area contributed by atoms with Gasteiger partial charge in [-0.1, -0.05) is 30.3 Å². The number of amides is 1. The lowest BCUT2D eigenvalue weighted by Crippen LogP contribution is -2.57. The van der Waals surface area contributed by atoms with Crippen LogP contribution in [0.5, 0.6) is 0 Å². The first-order chi connectivity index (χ1) is 13.9. The van der Waals surface area contributed by atoms with Crippen molar-refractivity contribution in [2.75, 3.05) is 13.1 Å². The molecule has 0 radical (unpaired) electrons. The summed E-state index contributed by atoms with van der Waals surface area (Å²) in [5.41, 5.74) is 4.78. The minimum atomic E-state index is -1.27. The number of carboxylic acids is 2. The number of rotatable bonds is 12. The zero-order valence-electron chi connectivity index (χ0n) is 16.7. The highest BCUT2D eigenvalue weighted by atomic mass is 16.4. The molecule has 0 saturated carbocycles. The monoisotopic (exact) mass is 404 g/mol. The summed E-state index contributed by atoms with van der Waals surface area (Å²) in [6.45, 7) is 1.05. The fraction of sp³-hybridized carbons (Fsp3) is 0.571. The standard InChI is InChI=1S/C21H31N3O5/c22-13-5-4-9-16(19(25)24-14-6-10-18(24)21(28)29)23-17(20(26)27)12-11-15-7-2-1-3-8-15/h1-3,7-8,16-18,23H,4-6,9-14,22H2,(H,26,27)(H,28,29)/p-1/t16-,17-,18?/m0/s1. The van der Waals surface area contributed by atoms with Gasteiger partial charge in [-0.3, -0.25) is 10.1 Å². The van der Waals surface area contributed by atoms with Gasteiger partial charge in [0.2, 0.25) is 5.91 Å². The average molecular weight is 404 g/mol. The molecule has 0 aliphatic carbocycles. The van der Waals surface area contributed by atoms with E-state index in [0.29, 0.717) is 45.2 Å². The fourth-order valence-corrected chi connectivity index (χ4v) is 3.75. The van der Waals surface area contributed by atoms with Crippen LogP contribution in [0.2, 0.25) is 0 Å². The molecule has 1 aromatic carbocycles. The number of benzene rings is 1. The first kappa shape index (κ1) is 22.8. The summed E-state index contributed by atoms with van der Waals surface area (Å²) in [5.74, 6) is -2.92. The maximum absolute atomic E-state index is 13.0. The van der Waals surface area contributed by atoms with Gasteiger partial charge in [0.05, 0.1) is 30.6 Å². The van der Waals surface area contributed by atoms with E-state index in [4.69, 9.17) is 0 Å². The van der Waals surface area contributed by atoms with Gasteiger partial charge in [0, 0.05) is 12.6 Å². The molecule has 1 aliphatic rings. The summed E-state index contributed by atoms with van der Waals surface area (Å²) >= 11 is 0. The van der Waals surface area contributed by atoms with Crippen LogP contribution < -0.4 is 21.3 Å². The SMILES string of the molecule is [NH3+]CCCC[C@H](N[C@@H](CCc1ccccc1)C(=O)[O-])C(=O)N1CCCC1C(=O)[O-]. The van der Waals surface area contributed by atoms with Crippen molar-refractivity contribution < 1.29 is 30.3 Å². The first-order valence-electron chi connectivity index (χ1n) is 10.3. The van der Waals surface area contributed by atoms with Crippen molar-refractivity contribution in [1.29, 1.82) is 0 Å². The molecule has 0 spiro atoms. The van der Waals surface area contributed by atoms with Gasteiger partial charge in [-0.2, -0.15) is 0 Å². The molecule has 4 N–H and O–H groups in total. The van der Waals surface area contributed by atoms with Crippen LogP contribution in [0.3, 0.4) is 0 Å². The second-order valence-electron chi connectivity index (χ2n) is 7.47. The maximum Gasteiger partial charge on any atom is 0.240 e. The lowest BCUT2D eigenvalue weighted by atomic mass is 10.0. The van der Waals surface area contributed by atoms with E-state index >= 15 is 0 Å². The summed E-state index contributed by atoms with van der Waals surface area (Å²) in [7, 11) is 0. The van der Waals surface area contributed by atoms with E-state index in [1.807, 2.05) is 30.3 Å². The van der Waals surface area contributed by atoms with E-state index in [9.17, 15) is 24.6 Å². The molecule has 2 rings (SSSR count). The lowest BCUT2D eigenvalue weighted by Gasteiger charge is -2.32. The highest BCUT2D eigenvalue weighted by molar-refractivity contribution is 5.87. The van der Waals surface area contributed by atoms with Gasteiger partial charge in [0.1, 0.15) is 0 Å². The lowest BCUT2D eigenvalue weighted by molar-refractivity contribution is -0.368. The van der Waals surface area contributed by atoms with Crippen LogP contribution in [0.25, 0.3) is 0 Å². The third-order valence-corrected chi connectivity index (χ3v) is 5.35. The number of nitrogens with one attached hydrogen (secondary N) is 1. The number of hydrogen-bond donors (Lipinski definition) is 2. The summed E-state index contributed by atoms with van der Waals surface area (Å²) in [6.07, 6.45) is 3.66. The zero-order valence-corrected chi connectivity index (χ0v) is 16.7. The fourth-order valence-electron chi connectivity index (χ4n) is 3.75. The third kappa shape index (κ3) is 6.83. The molecule has 1 saturated heterocycles. The molecule has 3 atom stereocenters. The number of aryl methyl sites for hydroxylation is 1. The molecule has 1 amide bonds. The zero-order chi connectivity index (χ0) is 21.2. The van der Waals surface area contributed by atoms with E-state index in [-0.39, 0.29) is 12.3 Å². The first-order valence-corrected chi connectivity index (χ1v) is 10.3. The number of aliphatic carboxylic acids is 2. The normalized spacial score (nSPS) is 18.4. The van der Waals surface area contributed by atoms with Crippen molar-refractivity contribution in [1.82, 2.24) is 10.2 Å². The van der Waals surface area contributed by atoms with Crippen LogP contribution in [-0.4, -0.2) is 54.0 Å². The number of nitrogens with zero attached hydrogens (tertiary/aromatic N) is 1. The van der Waals surface area contributed by atoms with Gasteiger partial charge in [0.25, 0.3) is 0 Å². The van der Waals surface area contributed by atoms with E-state index in [0.717, 1.165) is 12.0 Å². The Hall–Kier alpha value is -2.45. The van der Waals surface area contributed by atoms with Crippen molar-refractivity contribution in [2.45, 2.75) is 63.1 Å². The molecule has 1 aromatic rings. The molecule has 0 aromatic heterocycles. The molecule has 8 nitrogen and oxygen atoms in total. The van der Waals surface area contributed by atoms with Gasteiger partial charge >= 0.3 is 0 Å². The summed E-state index contributed by atoms with van der Waals surface area (Å²) in [4.78, 5) is 37.4. The van der Waals surface area contributed by atoms with Gasteiger partial charge in [-0.05, 0) is 50.5 Å². The number of likely N-dealkylation sites (tertiary alicyclic amines) is 1. The third-order valence-electron chi connectivity index (χ3n) is 5.35. The van der Waals surface area contributed by atoms with Crippen molar-refractivity contribution in [3.8, 4) is 0 Å². The number of unbranched alkanes of at least 4 members (excludes halogenated alkanes) is 1.